The van der Waals surface area contributed by atoms with Crippen LogP contribution in [0.3, 0.4) is 0 Å². The zero-order valence-electron chi connectivity index (χ0n) is 14.1. The monoisotopic (exact) mass is 343 g/mol. The van der Waals surface area contributed by atoms with Crippen molar-refractivity contribution in [2.75, 3.05) is 26.2 Å². The molecule has 3 heterocycles. The predicted octanol–water partition coefficient (Wildman–Crippen LogP) is 3.39. The Morgan fingerprint density at radius 2 is 2.00 bits per heavy atom. The smallest absolute Gasteiger partial charge is 0.261 e. The molecule has 2 aliphatic rings. The first kappa shape index (κ1) is 16.0. The lowest BCUT2D eigenvalue weighted by atomic mass is 9.96. The molecule has 128 valence electrons. The molecule has 0 atom stereocenters. The third-order valence-electron chi connectivity index (χ3n) is 5.15. The van der Waals surface area contributed by atoms with E-state index in [1.54, 1.807) is 0 Å². The highest BCUT2D eigenvalue weighted by molar-refractivity contribution is 7.20. The molecule has 1 N–H and O–H groups in total. The summed E-state index contributed by atoms with van der Waals surface area (Å²) in [6.45, 7) is 4.30. The molecule has 1 amide bonds. The molecule has 0 aromatic carbocycles. The van der Waals surface area contributed by atoms with E-state index in [9.17, 15) is 4.79 Å². The summed E-state index contributed by atoms with van der Waals surface area (Å²) in [5.74, 6) is 0.0531. The molecule has 0 spiro atoms. The normalized spacial score (nSPS) is 18.0. The summed E-state index contributed by atoms with van der Waals surface area (Å²) in [7, 11) is 0. The van der Waals surface area contributed by atoms with Crippen molar-refractivity contribution >= 4 is 27.5 Å². The third-order valence-corrected chi connectivity index (χ3v) is 6.19. The molecule has 1 aliphatic carbocycles. The van der Waals surface area contributed by atoms with Crippen LogP contribution in [-0.4, -0.2) is 42.0 Å². The first-order chi connectivity index (χ1) is 11.8. The number of hydrogen-bond donors (Lipinski definition) is 1. The van der Waals surface area contributed by atoms with Crippen LogP contribution in [-0.2, 0) is 12.8 Å². The summed E-state index contributed by atoms with van der Waals surface area (Å²) in [4.78, 5) is 21.5. The van der Waals surface area contributed by atoms with Crippen LogP contribution >= 0.6 is 11.3 Å². The number of carbonyl (C=O) groups excluding carboxylic acids is 1. The van der Waals surface area contributed by atoms with Crippen molar-refractivity contribution in [3.8, 4) is 0 Å². The topological polar surface area (TPSA) is 45.2 Å². The fraction of sp³-hybridized carbons (Fsp3) is 0.579. The van der Waals surface area contributed by atoms with Crippen LogP contribution in [0.2, 0.25) is 0 Å². The summed E-state index contributed by atoms with van der Waals surface area (Å²) in [6.07, 6.45) is 8.39. The Bertz CT molecular complexity index is 691. The number of nitrogens with one attached hydrogen (secondary N) is 1. The van der Waals surface area contributed by atoms with Gasteiger partial charge in [0, 0.05) is 17.6 Å². The molecule has 4 rings (SSSR count). The van der Waals surface area contributed by atoms with Gasteiger partial charge >= 0.3 is 0 Å². The van der Waals surface area contributed by atoms with Gasteiger partial charge in [0.25, 0.3) is 5.91 Å². The van der Waals surface area contributed by atoms with Crippen LogP contribution in [0.5, 0.6) is 0 Å². The molecule has 1 aliphatic heterocycles. The standard InChI is InChI=1S/C19H25N3OS/c23-18(20-8-5-11-22-9-3-4-10-22)17-13-15-12-14-6-1-2-7-16(14)21-19(15)24-17/h12-13H,1-11H2,(H,20,23). The number of hydrogen-bond acceptors (Lipinski definition) is 4. The van der Waals surface area contributed by atoms with Crippen LogP contribution in [0.25, 0.3) is 10.2 Å². The van der Waals surface area contributed by atoms with Gasteiger partial charge in [0.05, 0.1) is 4.88 Å². The molecular formula is C19H25N3OS. The fourth-order valence-electron chi connectivity index (χ4n) is 3.80. The molecule has 24 heavy (non-hydrogen) atoms. The number of aryl methyl sites for hydroxylation is 2. The molecule has 1 saturated heterocycles. The Balaban J connectivity index is 1.37. The van der Waals surface area contributed by atoms with Gasteiger partial charge in [-0.15, -0.1) is 11.3 Å². The predicted molar refractivity (Wildman–Crippen MR) is 98.9 cm³/mol. The van der Waals surface area contributed by atoms with E-state index in [2.05, 4.69) is 16.3 Å². The van der Waals surface area contributed by atoms with Gasteiger partial charge in [0.15, 0.2) is 0 Å². The number of nitrogens with zero attached hydrogens (tertiary/aromatic N) is 2. The Morgan fingerprint density at radius 3 is 2.88 bits per heavy atom. The molecule has 0 saturated carbocycles. The average molecular weight is 343 g/mol. The molecule has 0 radical (unpaired) electrons. The van der Waals surface area contributed by atoms with Gasteiger partial charge in [0.1, 0.15) is 4.83 Å². The lowest BCUT2D eigenvalue weighted by molar-refractivity contribution is 0.0956. The van der Waals surface area contributed by atoms with Gasteiger partial charge < -0.3 is 10.2 Å². The molecule has 1 fully saturated rings. The molecule has 5 heteroatoms. The largest absolute Gasteiger partial charge is 0.351 e. The summed E-state index contributed by atoms with van der Waals surface area (Å²) in [5.41, 5.74) is 2.62. The van der Waals surface area contributed by atoms with E-state index in [1.165, 1.54) is 61.4 Å². The molecular weight excluding hydrogens is 318 g/mol. The van der Waals surface area contributed by atoms with Crippen molar-refractivity contribution in [3.63, 3.8) is 0 Å². The fourth-order valence-corrected chi connectivity index (χ4v) is 4.75. The zero-order valence-corrected chi connectivity index (χ0v) is 15.0. The highest BCUT2D eigenvalue weighted by Gasteiger charge is 2.16. The van der Waals surface area contributed by atoms with Gasteiger partial charge in [-0.3, -0.25) is 4.79 Å². The third kappa shape index (κ3) is 3.47. The Labute approximate surface area is 147 Å². The van der Waals surface area contributed by atoms with Gasteiger partial charge in [-0.25, -0.2) is 4.98 Å². The second-order valence-corrected chi connectivity index (χ2v) is 8.00. The minimum Gasteiger partial charge on any atom is -0.351 e. The van der Waals surface area contributed by atoms with E-state index in [-0.39, 0.29) is 5.91 Å². The van der Waals surface area contributed by atoms with E-state index in [4.69, 9.17) is 4.98 Å². The van der Waals surface area contributed by atoms with Crippen molar-refractivity contribution in [2.24, 2.45) is 0 Å². The van der Waals surface area contributed by atoms with Crippen LogP contribution in [0.15, 0.2) is 12.1 Å². The lowest BCUT2D eigenvalue weighted by Gasteiger charge is -2.13. The van der Waals surface area contributed by atoms with E-state index in [0.717, 1.165) is 47.4 Å². The second kappa shape index (κ2) is 7.19. The maximum Gasteiger partial charge on any atom is 0.261 e. The molecule has 0 unspecified atom stereocenters. The second-order valence-electron chi connectivity index (χ2n) is 6.96. The SMILES string of the molecule is O=C(NCCCN1CCCC1)c1cc2cc3c(nc2s1)CCCC3. The minimum absolute atomic E-state index is 0.0531. The van der Waals surface area contributed by atoms with Crippen molar-refractivity contribution in [3.05, 3.63) is 28.3 Å². The Hall–Kier alpha value is -1.46. The number of fused-ring (bicyclic) bond motifs is 2. The highest BCUT2D eigenvalue weighted by Crippen LogP contribution is 2.29. The van der Waals surface area contributed by atoms with Crippen molar-refractivity contribution in [1.82, 2.24) is 15.2 Å². The molecule has 2 aromatic rings. The van der Waals surface area contributed by atoms with Gasteiger partial charge in [-0.05, 0) is 82.3 Å². The Kier molecular flexibility index (Phi) is 4.81. The lowest BCUT2D eigenvalue weighted by Crippen LogP contribution is -2.28. The molecule has 2 aromatic heterocycles. The van der Waals surface area contributed by atoms with Crippen LogP contribution in [0, 0.1) is 0 Å². The van der Waals surface area contributed by atoms with Crippen LogP contribution in [0.4, 0.5) is 0 Å². The van der Waals surface area contributed by atoms with E-state index in [0.29, 0.717) is 0 Å². The number of aromatic nitrogens is 1. The highest BCUT2D eigenvalue weighted by atomic mass is 32.1. The Morgan fingerprint density at radius 1 is 1.17 bits per heavy atom. The van der Waals surface area contributed by atoms with Crippen molar-refractivity contribution < 1.29 is 4.79 Å². The number of amides is 1. The summed E-state index contributed by atoms with van der Waals surface area (Å²) >= 11 is 1.53. The first-order valence-electron chi connectivity index (χ1n) is 9.22. The maximum absolute atomic E-state index is 12.4. The molecule has 4 nitrogen and oxygen atoms in total. The van der Waals surface area contributed by atoms with E-state index < -0.39 is 0 Å². The van der Waals surface area contributed by atoms with E-state index in [1.807, 2.05) is 6.07 Å². The van der Waals surface area contributed by atoms with Crippen LogP contribution in [0.1, 0.15) is 53.0 Å². The number of likely N-dealkylation sites (tertiary alicyclic amines) is 1. The quantitative estimate of drug-likeness (QED) is 0.847. The summed E-state index contributed by atoms with van der Waals surface area (Å²) in [6, 6.07) is 4.26. The zero-order chi connectivity index (χ0) is 16.4. The summed E-state index contributed by atoms with van der Waals surface area (Å²) in [5, 5.41) is 4.20. The van der Waals surface area contributed by atoms with E-state index >= 15 is 0 Å². The average Bonchev–Trinajstić information content (AvgIpc) is 3.25. The molecule has 0 bridgehead atoms. The van der Waals surface area contributed by atoms with Gasteiger partial charge in [0.2, 0.25) is 0 Å². The number of carbonyl (C=O) groups is 1. The summed E-state index contributed by atoms with van der Waals surface area (Å²) < 4.78 is 0. The van der Waals surface area contributed by atoms with Gasteiger partial charge in [-0.2, -0.15) is 0 Å². The van der Waals surface area contributed by atoms with Crippen molar-refractivity contribution in [2.45, 2.75) is 44.9 Å². The minimum atomic E-state index is 0.0531. The van der Waals surface area contributed by atoms with Crippen LogP contribution < -0.4 is 5.32 Å². The maximum atomic E-state index is 12.4. The first-order valence-corrected chi connectivity index (χ1v) is 10.0. The van der Waals surface area contributed by atoms with Crippen molar-refractivity contribution in [1.29, 1.82) is 0 Å². The number of thiophene rings is 1. The number of rotatable bonds is 5. The van der Waals surface area contributed by atoms with Gasteiger partial charge in [-0.1, -0.05) is 0 Å². The number of pyridine rings is 1.